The number of aromatic hydroxyl groups is 1. The number of halogens is 1. The Morgan fingerprint density at radius 3 is 2.73 bits per heavy atom. The molecule has 4 heteroatoms. The van der Waals surface area contributed by atoms with Gasteiger partial charge in [0.25, 0.3) is 0 Å². The fourth-order valence-corrected chi connectivity index (χ4v) is 5.54. The van der Waals surface area contributed by atoms with Crippen molar-refractivity contribution in [3.05, 3.63) is 21.3 Å². The number of nitrogens with zero attached hydrogens (tertiary/aromatic N) is 1. The van der Waals surface area contributed by atoms with Gasteiger partial charge in [-0.25, -0.2) is 0 Å². The summed E-state index contributed by atoms with van der Waals surface area (Å²) in [5.74, 6) is 0.829. The van der Waals surface area contributed by atoms with E-state index in [1.54, 1.807) is 7.11 Å². The van der Waals surface area contributed by atoms with Gasteiger partial charge in [-0.3, -0.25) is 4.90 Å². The predicted octanol–water partition coefficient (Wildman–Crippen LogP) is 4.41. The molecule has 0 aromatic heterocycles. The highest BCUT2D eigenvalue weighted by Gasteiger charge is 2.49. The number of likely N-dealkylation sites (tertiary alicyclic amines) is 1. The van der Waals surface area contributed by atoms with E-state index in [9.17, 15) is 5.11 Å². The second-order valence-electron chi connectivity index (χ2n) is 8.25. The van der Waals surface area contributed by atoms with Crippen molar-refractivity contribution in [3.63, 3.8) is 0 Å². The zero-order valence-electron chi connectivity index (χ0n) is 13.9. The molecule has 0 unspecified atom stereocenters. The lowest BCUT2D eigenvalue weighted by molar-refractivity contribution is 0.126. The summed E-state index contributed by atoms with van der Waals surface area (Å²) in [7, 11) is 1.61. The molecule has 1 saturated heterocycles. The lowest BCUT2D eigenvalue weighted by atomic mass is 9.65. The fraction of sp³-hybridized carbons (Fsp3) is 0.667. The summed E-state index contributed by atoms with van der Waals surface area (Å²) < 4.78 is 6.16. The molecule has 122 valence electrons. The van der Waals surface area contributed by atoms with Crippen molar-refractivity contribution in [1.29, 1.82) is 0 Å². The minimum absolute atomic E-state index is 0.250. The maximum Gasteiger partial charge on any atom is 0.171 e. The summed E-state index contributed by atoms with van der Waals surface area (Å²) >= 11 is 2.18. The zero-order chi connectivity index (χ0) is 16.1. The predicted molar refractivity (Wildman–Crippen MR) is 97.3 cm³/mol. The third-order valence-corrected chi connectivity index (χ3v) is 6.04. The number of methoxy groups -OCH3 is 1. The Balaban J connectivity index is 1.81. The van der Waals surface area contributed by atoms with E-state index in [4.69, 9.17) is 4.74 Å². The first-order chi connectivity index (χ1) is 10.2. The zero-order valence-corrected chi connectivity index (χ0v) is 16.1. The standard InChI is InChI=1S/C18H26INO2/c1-17(2)7-13-8-18(3,10-17)11-20(13)9-12-5-14(19)16(21)15(6-12)22-4/h5-6,13,21H,7-11H2,1-4H3/t13-,18+/m1/s1. The second-order valence-corrected chi connectivity index (χ2v) is 9.41. The van der Waals surface area contributed by atoms with Crippen LogP contribution in [0.25, 0.3) is 0 Å². The Labute approximate surface area is 147 Å². The van der Waals surface area contributed by atoms with E-state index in [1.165, 1.54) is 31.4 Å². The van der Waals surface area contributed by atoms with Crippen molar-refractivity contribution in [3.8, 4) is 11.5 Å². The molecule has 1 saturated carbocycles. The molecule has 22 heavy (non-hydrogen) atoms. The molecule has 3 nitrogen and oxygen atoms in total. The Morgan fingerprint density at radius 2 is 2.05 bits per heavy atom. The van der Waals surface area contributed by atoms with Gasteiger partial charge in [0.15, 0.2) is 11.5 Å². The molecule has 2 aliphatic rings. The maximum absolute atomic E-state index is 10.00. The van der Waals surface area contributed by atoms with Crippen molar-refractivity contribution < 1.29 is 9.84 Å². The highest BCUT2D eigenvalue weighted by atomic mass is 127. The van der Waals surface area contributed by atoms with Crippen LogP contribution in [0.2, 0.25) is 0 Å². The van der Waals surface area contributed by atoms with Crippen molar-refractivity contribution in [2.24, 2.45) is 10.8 Å². The lowest BCUT2D eigenvalue weighted by Gasteiger charge is -2.40. The van der Waals surface area contributed by atoms with Crippen LogP contribution in [0.3, 0.4) is 0 Å². The highest BCUT2D eigenvalue weighted by molar-refractivity contribution is 14.1. The molecule has 2 fully saturated rings. The molecule has 0 radical (unpaired) electrons. The van der Waals surface area contributed by atoms with Gasteiger partial charge in [0, 0.05) is 19.1 Å². The van der Waals surface area contributed by atoms with Crippen LogP contribution in [0.1, 0.15) is 45.6 Å². The van der Waals surface area contributed by atoms with Gasteiger partial charge >= 0.3 is 0 Å². The summed E-state index contributed by atoms with van der Waals surface area (Å²) in [5, 5.41) is 10.00. The van der Waals surface area contributed by atoms with Gasteiger partial charge in [0.1, 0.15) is 0 Å². The molecule has 1 heterocycles. The van der Waals surface area contributed by atoms with E-state index < -0.39 is 0 Å². The molecule has 0 amide bonds. The van der Waals surface area contributed by atoms with Crippen molar-refractivity contribution in [2.45, 2.75) is 52.6 Å². The molecule has 1 aromatic carbocycles. The molecule has 2 bridgehead atoms. The number of rotatable bonds is 3. The quantitative estimate of drug-likeness (QED) is 0.743. The third-order valence-electron chi connectivity index (χ3n) is 5.22. The van der Waals surface area contributed by atoms with Crippen molar-refractivity contribution in [1.82, 2.24) is 4.90 Å². The number of hydrogen-bond acceptors (Lipinski definition) is 3. The molecular weight excluding hydrogens is 389 g/mol. The Hall–Kier alpha value is -0.490. The average Bonchev–Trinajstić information content (AvgIpc) is 2.62. The minimum atomic E-state index is 0.250. The first kappa shape index (κ1) is 16.4. The smallest absolute Gasteiger partial charge is 0.171 e. The number of phenolic OH excluding ortho intramolecular Hbond substituents is 1. The van der Waals surface area contributed by atoms with E-state index in [2.05, 4.69) is 54.3 Å². The number of fused-ring (bicyclic) bond motifs is 2. The normalized spacial score (nSPS) is 30.5. The molecule has 0 spiro atoms. The van der Waals surface area contributed by atoms with Gasteiger partial charge in [-0.2, -0.15) is 0 Å². The Kier molecular flexibility index (Phi) is 4.13. The van der Waals surface area contributed by atoms with Gasteiger partial charge in [0.2, 0.25) is 0 Å². The summed E-state index contributed by atoms with van der Waals surface area (Å²) in [4.78, 5) is 2.64. The average molecular weight is 415 g/mol. The Morgan fingerprint density at radius 1 is 1.32 bits per heavy atom. The van der Waals surface area contributed by atoms with Crippen LogP contribution in [0.15, 0.2) is 12.1 Å². The fourth-order valence-electron chi connectivity index (χ4n) is 4.87. The van der Waals surface area contributed by atoms with E-state index >= 15 is 0 Å². The SMILES string of the molecule is COc1cc(CN2C[C@@]3(C)C[C@H]2CC(C)(C)C3)cc(I)c1O. The Bertz CT molecular complexity index is 587. The van der Waals surface area contributed by atoms with E-state index in [0.717, 1.165) is 10.1 Å². The van der Waals surface area contributed by atoms with Gasteiger partial charge in [-0.1, -0.05) is 20.8 Å². The first-order valence-corrected chi connectivity index (χ1v) is 9.09. The molecular formula is C18H26INO2. The number of ether oxygens (including phenoxy) is 1. The molecule has 1 aromatic rings. The third kappa shape index (κ3) is 3.09. The number of benzene rings is 1. The van der Waals surface area contributed by atoms with Gasteiger partial charge < -0.3 is 9.84 Å². The summed E-state index contributed by atoms with van der Waals surface area (Å²) in [6, 6.07) is 4.74. The van der Waals surface area contributed by atoms with Crippen LogP contribution in [-0.2, 0) is 6.54 Å². The molecule has 2 atom stereocenters. The highest BCUT2D eigenvalue weighted by Crippen LogP contribution is 2.52. The topological polar surface area (TPSA) is 32.7 Å². The largest absolute Gasteiger partial charge is 0.504 e. The number of phenols is 1. The first-order valence-electron chi connectivity index (χ1n) is 8.01. The molecule has 1 aliphatic carbocycles. The molecule has 3 rings (SSSR count). The van der Waals surface area contributed by atoms with E-state index in [-0.39, 0.29) is 5.75 Å². The minimum Gasteiger partial charge on any atom is -0.504 e. The monoisotopic (exact) mass is 415 g/mol. The van der Waals surface area contributed by atoms with Gasteiger partial charge in [-0.05, 0) is 70.4 Å². The number of hydrogen-bond donors (Lipinski definition) is 1. The lowest BCUT2D eigenvalue weighted by Crippen LogP contribution is -2.34. The van der Waals surface area contributed by atoms with Crippen LogP contribution < -0.4 is 4.74 Å². The summed E-state index contributed by atoms with van der Waals surface area (Å²) in [5.41, 5.74) is 2.14. The van der Waals surface area contributed by atoms with Gasteiger partial charge in [-0.15, -0.1) is 0 Å². The summed E-state index contributed by atoms with van der Waals surface area (Å²) in [6.07, 6.45) is 3.93. The van der Waals surface area contributed by atoms with Crippen molar-refractivity contribution >= 4 is 22.6 Å². The van der Waals surface area contributed by atoms with Crippen LogP contribution in [0.4, 0.5) is 0 Å². The second kappa shape index (κ2) is 5.55. The maximum atomic E-state index is 10.00. The van der Waals surface area contributed by atoms with E-state index in [1.807, 2.05) is 6.07 Å². The van der Waals surface area contributed by atoms with E-state index in [0.29, 0.717) is 22.6 Å². The van der Waals surface area contributed by atoms with Gasteiger partial charge in [0.05, 0.1) is 10.7 Å². The van der Waals surface area contributed by atoms with Crippen LogP contribution >= 0.6 is 22.6 Å². The molecule has 1 aliphatic heterocycles. The van der Waals surface area contributed by atoms with Crippen LogP contribution in [0.5, 0.6) is 11.5 Å². The molecule has 1 N–H and O–H groups in total. The summed E-state index contributed by atoms with van der Waals surface area (Å²) in [6.45, 7) is 9.40. The van der Waals surface area contributed by atoms with Crippen molar-refractivity contribution in [2.75, 3.05) is 13.7 Å². The van der Waals surface area contributed by atoms with Crippen LogP contribution in [-0.4, -0.2) is 29.7 Å². The van der Waals surface area contributed by atoms with Crippen LogP contribution in [0, 0.1) is 14.4 Å².